The standard InChI is InChI=1S/C17H28N2/c1-14(2)9-10-19-13-17(18-12-15(19)3)11-16-7-5-4-6-8-16/h4-8,14-15,17-18H,9-13H2,1-3H3. The highest BCUT2D eigenvalue weighted by molar-refractivity contribution is 5.16. The highest BCUT2D eigenvalue weighted by Gasteiger charge is 2.24. The molecule has 1 N–H and O–H groups in total. The van der Waals surface area contributed by atoms with Gasteiger partial charge in [0.2, 0.25) is 0 Å². The molecule has 1 aromatic rings. The molecule has 0 aliphatic carbocycles. The van der Waals surface area contributed by atoms with Gasteiger partial charge in [0.05, 0.1) is 0 Å². The molecule has 0 saturated carbocycles. The van der Waals surface area contributed by atoms with Crippen molar-refractivity contribution in [3.05, 3.63) is 35.9 Å². The van der Waals surface area contributed by atoms with Crippen LogP contribution in [0.1, 0.15) is 32.8 Å². The van der Waals surface area contributed by atoms with E-state index in [2.05, 4.69) is 61.3 Å². The molecule has 2 atom stereocenters. The van der Waals surface area contributed by atoms with Crippen LogP contribution in [-0.2, 0) is 6.42 Å². The summed E-state index contributed by atoms with van der Waals surface area (Å²) in [5.74, 6) is 0.801. The fraction of sp³-hybridized carbons (Fsp3) is 0.647. The van der Waals surface area contributed by atoms with Crippen LogP contribution in [0.2, 0.25) is 0 Å². The first-order valence-corrected chi connectivity index (χ1v) is 7.66. The summed E-state index contributed by atoms with van der Waals surface area (Å²) in [6, 6.07) is 12.1. The zero-order valence-electron chi connectivity index (χ0n) is 12.6. The minimum absolute atomic E-state index is 0.603. The van der Waals surface area contributed by atoms with Crippen molar-refractivity contribution in [1.29, 1.82) is 0 Å². The summed E-state index contributed by atoms with van der Waals surface area (Å²) in [6.45, 7) is 10.5. The Hall–Kier alpha value is -0.860. The Balaban J connectivity index is 1.86. The third-order valence-corrected chi connectivity index (χ3v) is 4.10. The van der Waals surface area contributed by atoms with Crippen LogP contribution in [0.5, 0.6) is 0 Å². The molecule has 19 heavy (non-hydrogen) atoms. The quantitative estimate of drug-likeness (QED) is 0.875. The van der Waals surface area contributed by atoms with Gasteiger partial charge in [-0.2, -0.15) is 0 Å². The zero-order valence-corrected chi connectivity index (χ0v) is 12.6. The maximum absolute atomic E-state index is 3.69. The summed E-state index contributed by atoms with van der Waals surface area (Å²) in [5, 5.41) is 3.69. The van der Waals surface area contributed by atoms with Gasteiger partial charge in [0, 0.05) is 25.2 Å². The Morgan fingerprint density at radius 2 is 2.00 bits per heavy atom. The van der Waals surface area contributed by atoms with Gasteiger partial charge in [-0.15, -0.1) is 0 Å². The van der Waals surface area contributed by atoms with E-state index in [0.717, 1.165) is 18.9 Å². The number of rotatable bonds is 5. The Bertz CT molecular complexity index is 361. The minimum atomic E-state index is 0.603. The lowest BCUT2D eigenvalue weighted by Crippen LogP contribution is -2.56. The van der Waals surface area contributed by atoms with Crippen molar-refractivity contribution in [3.63, 3.8) is 0 Å². The van der Waals surface area contributed by atoms with Crippen molar-refractivity contribution in [2.75, 3.05) is 19.6 Å². The first-order valence-electron chi connectivity index (χ1n) is 7.66. The molecule has 1 aliphatic rings. The molecule has 106 valence electrons. The summed E-state index contributed by atoms with van der Waals surface area (Å²) < 4.78 is 0. The first-order chi connectivity index (χ1) is 9.15. The van der Waals surface area contributed by atoms with Crippen LogP contribution in [0.15, 0.2) is 30.3 Å². The average Bonchev–Trinajstić information content (AvgIpc) is 2.40. The van der Waals surface area contributed by atoms with Crippen LogP contribution in [-0.4, -0.2) is 36.6 Å². The van der Waals surface area contributed by atoms with E-state index in [-0.39, 0.29) is 0 Å². The minimum Gasteiger partial charge on any atom is -0.311 e. The van der Waals surface area contributed by atoms with Gasteiger partial charge in [-0.05, 0) is 37.8 Å². The average molecular weight is 260 g/mol. The van der Waals surface area contributed by atoms with Gasteiger partial charge < -0.3 is 5.32 Å². The van der Waals surface area contributed by atoms with Gasteiger partial charge in [-0.3, -0.25) is 4.90 Å². The number of nitrogens with one attached hydrogen (secondary N) is 1. The molecule has 1 aromatic carbocycles. The van der Waals surface area contributed by atoms with E-state index < -0.39 is 0 Å². The van der Waals surface area contributed by atoms with Crippen molar-refractivity contribution in [1.82, 2.24) is 10.2 Å². The molecule has 2 heteroatoms. The number of hydrogen-bond donors (Lipinski definition) is 1. The van der Waals surface area contributed by atoms with E-state index in [0.29, 0.717) is 12.1 Å². The van der Waals surface area contributed by atoms with Gasteiger partial charge in [0.15, 0.2) is 0 Å². The summed E-state index contributed by atoms with van der Waals surface area (Å²) in [4.78, 5) is 2.66. The van der Waals surface area contributed by atoms with E-state index in [1.54, 1.807) is 0 Å². The van der Waals surface area contributed by atoms with E-state index >= 15 is 0 Å². The fourth-order valence-electron chi connectivity index (χ4n) is 2.76. The lowest BCUT2D eigenvalue weighted by atomic mass is 10.0. The fourth-order valence-corrected chi connectivity index (χ4v) is 2.76. The smallest absolute Gasteiger partial charge is 0.0236 e. The van der Waals surface area contributed by atoms with Gasteiger partial charge in [-0.25, -0.2) is 0 Å². The predicted molar refractivity (Wildman–Crippen MR) is 82.4 cm³/mol. The summed E-state index contributed by atoms with van der Waals surface area (Å²) >= 11 is 0. The van der Waals surface area contributed by atoms with Gasteiger partial charge in [0.1, 0.15) is 0 Å². The SMILES string of the molecule is CC(C)CCN1CC(Cc2ccccc2)NCC1C. The van der Waals surface area contributed by atoms with Crippen LogP contribution in [0.3, 0.4) is 0 Å². The van der Waals surface area contributed by atoms with Crippen molar-refractivity contribution in [2.45, 2.75) is 45.7 Å². The van der Waals surface area contributed by atoms with Crippen LogP contribution >= 0.6 is 0 Å². The van der Waals surface area contributed by atoms with Gasteiger partial charge in [-0.1, -0.05) is 44.2 Å². The molecule has 1 fully saturated rings. The lowest BCUT2D eigenvalue weighted by molar-refractivity contribution is 0.134. The zero-order chi connectivity index (χ0) is 13.7. The normalized spacial score (nSPS) is 24.8. The van der Waals surface area contributed by atoms with Crippen molar-refractivity contribution < 1.29 is 0 Å². The van der Waals surface area contributed by atoms with Crippen molar-refractivity contribution in [3.8, 4) is 0 Å². The molecular weight excluding hydrogens is 232 g/mol. The molecular formula is C17H28N2. The molecule has 0 radical (unpaired) electrons. The Morgan fingerprint density at radius 1 is 1.26 bits per heavy atom. The Kier molecular flexibility index (Phi) is 5.41. The second-order valence-electron chi connectivity index (χ2n) is 6.32. The Labute approximate surface area is 118 Å². The second kappa shape index (κ2) is 7.06. The topological polar surface area (TPSA) is 15.3 Å². The van der Waals surface area contributed by atoms with Crippen LogP contribution in [0.25, 0.3) is 0 Å². The van der Waals surface area contributed by atoms with E-state index in [9.17, 15) is 0 Å². The molecule has 1 aliphatic heterocycles. The van der Waals surface area contributed by atoms with Gasteiger partial charge >= 0.3 is 0 Å². The van der Waals surface area contributed by atoms with E-state index in [1.807, 2.05) is 0 Å². The second-order valence-corrected chi connectivity index (χ2v) is 6.32. The van der Waals surface area contributed by atoms with E-state index in [1.165, 1.54) is 25.1 Å². The first kappa shape index (κ1) is 14.5. The van der Waals surface area contributed by atoms with E-state index in [4.69, 9.17) is 0 Å². The molecule has 0 spiro atoms. The molecule has 2 unspecified atom stereocenters. The summed E-state index contributed by atoms with van der Waals surface area (Å²) in [6.07, 6.45) is 2.45. The van der Waals surface area contributed by atoms with Crippen LogP contribution in [0, 0.1) is 5.92 Å². The van der Waals surface area contributed by atoms with Crippen molar-refractivity contribution >= 4 is 0 Å². The number of nitrogens with zero attached hydrogens (tertiary/aromatic N) is 1. The third kappa shape index (κ3) is 4.63. The molecule has 2 nitrogen and oxygen atoms in total. The predicted octanol–water partition coefficient (Wildman–Crippen LogP) is 2.94. The maximum Gasteiger partial charge on any atom is 0.0236 e. The van der Waals surface area contributed by atoms with Gasteiger partial charge in [0.25, 0.3) is 0 Å². The molecule has 1 saturated heterocycles. The number of benzene rings is 1. The third-order valence-electron chi connectivity index (χ3n) is 4.10. The summed E-state index contributed by atoms with van der Waals surface area (Å²) in [5.41, 5.74) is 1.44. The van der Waals surface area contributed by atoms with Crippen LogP contribution in [0.4, 0.5) is 0 Å². The summed E-state index contributed by atoms with van der Waals surface area (Å²) in [7, 11) is 0. The lowest BCUT2D eigenvalue weighted by Gasteiger charge is -2.39. The largest absolute Gasteiger partial charge is 0.311 e. The van der Waals surface area contributed by atoms with Crippen LogP contribution < -0.4 is 5.32 Å². The number of hydrogen-bond acceptors (Lipinski definition) is 2. The highest BCUT2D eigenvalue weighted by atomic mass is 15.2. The molecule has 0 amide bonds. The highest BCUT2D eigenvalue weighted by Crippen LogP contribution is 2.13. The molecule has 0 aromatic heterocycles. The molecule has 0 bridgehead atoms. The van der Waals surface area contributed by atoms with Crippen molar-refractivity contribution in [2.24, 2.45) is 5.92 Å². The molecule has 2 rings (SSSR count). The monoisotopic (exact) mass is 260 g/mol. The number of piperazine rings is 1. The molecule has 1 heterocycles. The Morgan fingerprint density at radius 3 is 2.68 bits per heavy atom. The maximum atomic E-state index is 3.69.